The van der Waals surface area contributed by atoms with E-state index in [2.05, 4.69) is 15.4 Å². The van der Waals surface area contributed by atoms with Crippen LogP contribution >= 0.6 is 22.6 Å². The van der Waals surface area contributed by atoms with Crippen molar-refractivity contribution in [3.63, 3.8) is 0 Å². The Morgan fingerprint density at radius 2 is 2.30 bits per heavy atom. The monoisotopic (exact) mass is 387 g/mol. The molecule has 1 heterocycles. The number of non-ortho nitro benzene ring substituents is 1. The van der Waals surface area contributed by atoms with Crippen LogP contribution in [-0.4, -0.2) is 25.6 Å². The molecular weight excluding hydrogens is 377 g/mol. The molecule has 8 nitrogen and oxygen atoms in total. The van der Waals surface area contributed by atoms with Crippen LogP contribution in [0.1, 0.15) is 5.56 Å². The summed E-state index contributed by atoms with van der Waals surface area (Å²) in [4.78, 5) is 25.9. The van der Waals surface area contributed by atoms with Crippen LogP contribution < -0.4 is 5.32 Å². The van der Waals surface area contributed by atoms with Gasteiger partial charge in [-0.15, -0.1) is 5.10 Å². The minimum Gasteiger partial charge on any atom is -0.324 e. The van der Waals surface area contributed by atoms with Crippen molar-refractivity contribution < 1.29 is 9.72 Å². The molecule has 1 aromatic carbocycles. The van der Waals surface area contributed by atoms with Gasteiger partial charge in [-0.05, 0) is 18.6 Å². The highest BCUT2D eigenvalue weighted by Gasteiger charge is 2.11. The molecule has 9 heteroatoms. The Labute approximate surface area is 127 Å². The minimum atomic E-state index is -0.476. The number of amides is 1. The number of anilines is 1. The molecule has 1 N–H and O–H groups in total. The molecule has 0 aliphatic heterocycles. The van der Waals surface area contributed by atoms with Crippen molar-refractivity contribution in [1.82, 2.24) is 14.8 Å². The van der Waals surface area contributed by atoms with Gasteiger partial charge in [-0.25, -0.2) is 9.67 Å². The largest absolute Gasteiger partial charge is 0.324 e. The third kappa shape index (κ3) is 3.50. The molecule has 2 rings (SSSR count). The van der Waals surface area contributed by atoms with Crippen LogP contribution in [0.4, 0.5) is 11.4 Å². The highest BCUT2D eigenvalue weighted by atomic mass is 127. The van der Waals surface area contributed by atoms with E-state index in [-0.39, 0.29) is 18.1 Å². The lowest BCUT2D eigenvalue weighted by molar-refractivity contribution is -0.384. The van der Waals surface area contributed by atoms with Gasteiger partial charge in [0.2, 0.25) is 9.74 Å². The van der Waals surface area contributed by atoms with E-state index in [0.29, 0.717) is 15.1 Å². The smallest absolute Gasteiger partial charge is 0.269 e. The van der Waals surface area contributed by atoms with E-state index in [1.165, 1.54) is 29.2 Å². The molecule has 0 spiro atoms. The van der Waals surface area contributed by atoms with Crippen molar-refractivity contribution in [1.29, 1.82) is 0 Å². The molecule has 0 atom stereocenters. The van der Waals surface area contributed by atoms with Crippen LogP contribution in [-0.2, 0) is 11.3 Å². The molecule has 0 aliphatic rings. The third-order valence-electron chi connectivity index (χ3n) is 2.51. The van der Waals surface area contributed by atoms with E-state index in [9.17, 15) is 14.9 Å². The maximum absolute atomic E-state index is 11.8. The molecule has 1 aromatic heterocycles. The first-order chi connectivity index (χ1) is 9.45. The first kappa shape index (κ1) is 14.4. The quantitative estimate of drug-likeness (QED) is 0.489. The van der Waals surface area contributed by atoms with Gasteiger partial charge in [-0.3, -0.25) is 14.9 Å². The first-order valence-electron chi connectivity index (χ1n) is 5.55. The number of rotatable bonds is 4. The molecule has 20 heavy (non-hydrogen) atoms. The first-order valence-corrected chi connectivity index (χ1v) is 6.63. The number of aromatic nitrogens is 3. The second-order valence-electron chi connectivity index (χ2n) is 4.02. The summed E-state index contributed by atoms with van der Waals surface area (Å²) in [5.41, 5.74) is 1.16. The zero-order valence-corrected chi connectivity index (χ0v) is 12.6. The maximum atomic E-state index is 11.8. The summed E-state index contributed by atoms with van der Waals surface area (Å²) < 4.78 is 1.97. The van der Waals surface area contributed by atoms with Crippen LogP contribution in [0.3, 0.4) is 0 Å². The Bertz CT molecular complexity index is 670. The van der Waals surface area contributed by atoms with Crippen molar-refractivity contribution in [3.8, 4) is 0 Å². The topological polar surface area (TPSA) is 103 Å². The Balaban J connectivity index is 2.06. The van der Waals surface area contributed by atoms with Gasteiger partial charge in [0.05, 0.1) is 4.92 Å². The number of nitrogens with zero attached hydrogens (tertiary/aromatic N) is 4. The second-order valence-corrected chi connectivity index (χ2v) is 4.98. The average molecular weight is 387 g/mol. The zero-order valence-electron chi connectivity index (χ0n) is 10.4. The molecule has 0 unspecified atom stereocenters. The number of nitrogens with one attached hydrogen (secondary N) is 1. The maximum Gasteiger partial charge on any atom is 0.269 e. The molecule has 0 aliphatic carbocycles. The number of halogens is 1. The highest BCUT2D eigenvalue weighted by molar-refractivity contribution is 14.1. The van der Waals surface area contributed by atoms with Crippen LogP contribution in [0, 0.1) is 20.9 Å². The standard InChI is InChI=1S/C11H10IN5O3/c1-7-4-8(17(19)20)2-3-9(7)14-10(18)5-16-6-13-11(12)15-16/h2-4,6H,5H2,1H3,(H,14,18). The number of nitro groups is 1. The van der Waals surface area contributed by atoms with E-state index in [0.717, 1.165) is 0 Å². The summed E-state index contributed by atoms with van der Waals surface area (Å²) in [6.07, 6.45) is 1.46. The molecule has 1 amide bonds. The van der Waals surface area contributed by atoms with E-state index in [4.69, 9.17) is 0 Å². The number of aryl methyl sites for hydroxylation is 1. The van der Waals surface area contributed by atoms with Crippen LogP contribution in [0.5, 0.6) is 0 Å². The summed E-state index contributed by atoms with van der Waals surface area (Å²) in [7, 11) is 0. The summed E-state index contributed by atoms with van der Waals surface area (Å²) in [6, 6.07) is 4.27. The normalized spacial score (nSPS) is 10.3. The van der Waals surface area contributed by atoms with Crippen LogP contribution in [0.25, 0.3) is 0 Å². The summed E-state index contributed by atoms with van der Waals surface area (Å²) in [6.45, 7) is 1.73. The van der Waals surface area contributed by atoms with Crippen LogP contribution in [0.2, 0.25) is 0 Å². The highest BCUT2D eigenvalue weighted by Crippen LogP contribution is 2.21. The van der Waals surface area contributed by atoms with Gasteiger partial charge in [-0.2, -0.15) is 0 Å². The van der Waals surface area contributed by atoms with Gasteiger partial charge in [0.15, 0.2) is 0 Å². The SMILES string of the molecule is Cc1cc([N+](=O)[O-])ccc1NC(=O)Cn1cnc(I)n1. The van der Waals surface area contributed by atoms with E-state index in [1.54, 1.807) is 6.92 Å². The minimum absolute atomic E-state index is 0.00803. The summed E-state index contributed by atoms with van der Waals surface area (Å²) in [5.74, 6) is -0.275. The predicted octanol–water partition coefficient (Wildman–Crippen LogP) is 1.74. The summed E-state index contributed by atoms with van der Waals surface area (Å²) >= 11 is 1.95. The lowest BCUT2D eigenvalue weighted by Gasteiger charge is -2.07. The number of nitro benzene ring substituents is 1. The Kier molecular flexibility index (Phi) is 4.27. The van der Waals surface area contributed by atoms with Crippen LogP contribution in [0.15, 0.2) is 24.5 Å². The molecule has 0 saturated heterocycles. The van der Waals surface area contributed by atoms with E-state index >= 15 is 0 Å². The van der Waals surface area contributed by atoms with Gasteiger partial charge in [0.1, 0.15) is 12.9 Å². The molecule has 0 fully saturated rings. The lowest BCUT2D eigenvalue weighted by atomic mass is 10.2. The molecule has 0 radical (unpaired) electrons. The van der Waals surface area contributed by atoms with Gasteiger partial charge in [0, 0.05) is 40.4 Å². The number of hydrogen-bond donors (Lipinski definition) is 1. The average Bonchev–Trinajstić information content (AvgIpc) is 2.77. The molecule has 0 bridgehead atoms. The van der Waals surface area contributed by atoms with Crippen molar-refractivity contribution in [2.45, 2.75) is 13.5 Å². The molecule has 0 saturated carbocycles. The van der Waals surface area contributed by atoms with Crippen molar-refractivity contribution in [2.24, 2.45) is 0 Å². The number of carbonyl (C=O) groups is 1. The zero-order chi connectivity index (χ0) is 14.7. The number of carbonyl (C=O) groups excluding carboxylic acids is 1. The van der Waals surface area contributed by atoms with Gasteiger partial charge < -0.3 is 5.32 Å². The molecular formula is C11H10IN5O3. The fourth-order valence-electron chi connectivity index (χ4n) is 1.59. The Morgan fingerprint density at radius 3 is 2.85 bits per heavy atom. The van der Waals surface area contributed by atoms with Crippen molar-refractivity contribution in [2.75, 3.05) is 5.32 Å². The Morgan fingerprint density at radius 1 is 1.55 bits per heavy atom. The van der Waals surface area contributed by atoms with E-state index in [1.807, 2.05) is 22.6 Å². The Hall–Kier alpha value is -2.04. The van der Waals surface area contributed by atoms with Gasteiger partial charge in [0.25, 0.3) is 5.69 Å². The molecule has 104 valence electrons. The lowest BCUT2D eigenvalue weighted by Crippen LogP contribution is -2.19. The second kappa shape index (κ2) is 5.94. The van der Waals surface area contributed by atoms with E-state index < -0.39 is 4.92 Å². The molecule has 2 aromatic rings. The van der Waals surface area contributed by atoms with Crippen molar-refractivity contribution in [3.05, 3.63) is 44.0 Å². The fraction of sp³-hybridized carbons (Fsp3) is 0.182. The van der Waals surface area contributed by atoms with Gasteiger partial charge >= 0.3 is 0 Å². The van der Waals surface area contributed by atoms with Gasteiger partial charge in [-0.1, -0.05) is 0 Å². The number of hydrogen-bond acceptors (Lipinski definition) is 5. The predicted molar refractivity (Wildman–Crippen MR) is 79.2 cm³/mol. The fourth-order valence-corrected chi connectivity index (χ4v) is 1.99. The third-order valence-corrected chi connectivity index (χ3v) is 3.00. The summed E-state index contributed by atoms with van der Waals surface area (Å²) in [5, 5.41) is 17.3. The number of benzene rings is 1. The van der Waals surface area contributed by atoms with Crippen molar-refractivity contribution >= 4 is 39.9 Å².